The summed E-state index contributed by atoms with van der Waals surface area (Å²) in [7, 11) is -1.24. The molecule has 0 saturated carbocycles. The summed E-state index contributed by atoms with van der Waals surface area (Å²) in [5.74, 6) is 0.626. The maximum atomic E-state index is 12.2. The Balaban J connectivity index is 1.87. The van der Waals surface area contributed by atoms with E-state index in [4.69, 9.17) is 16.3 Å². The first-order chi connectivity index (χ1) is 10.2. The Morgan fingerprint density at radius 2 is 2.18 bits per heavy atom. The smallest absolute Gasteiger partial charge is 0.410 e. The molecule has 1 amide bonds. The number of ether oxygens (including phenoxy) is 1. The third kappa shape index (κ3) is 4.91. The molecule has 2 rings (SSSR count). The van der Waals surface area contributed by atoms with Crippen molar-refractivity contribution in [3.05, 3.63) is 17.3 Å². The first-order valence-corrected chi connectivity index (χ1v) is 8.80. The van der Waals surface area contributed by atoms with E-state index in [1.807, 2.05) is 20.8 Å². The minimum absolute atomic E-state index is 0.172. The molecule has 22 heavy (non-hydrogen) atoms. The lowest BCUT2D eigenvalue weighted by Crippen LogP contribution is -2.35. The van der Waals surface area contributed by atoms with E-state index in [9.17, 15) is 9.00 Å². The molecule has 0 spiro atoms. The van der Waals surface area contributed by atoms with Crippen molar-refractivity contribution < 1.29 is 13.7 Å². The largest absolute Gasteiger partial charge is 0.444 e. The zero-order valence-corrected chi connectivity index (χ0v) is 14.5. The highest BCUT2D eigenvalue weighted by molar-refractivity contribution is 7.84. The van der Waals surface area contributed by atoms with Crippen molar-refractivity contribution in [2.75, 3.05) is 18.8 Å². The molecular weight excluding hydrogens is 326 g/mol. The fraction of sp³-hybridized carbons (Fsp3) is 0.643. The van der Waals surface area contributed by atoms with Gasteiger partial charge in [-0.1, -0.05) is 11.6 Å². The molecule has 0 aliphatic carbocycles. The maximum Gasteiger partial charge on any atom is 0.410 e. The molecule has 8 heteroatoms. The molecule has 1 aliphatic heterocycles. The van der Waals surface area contributed by atoms with Crippen LogP contribution >= 0.6 is 11.6 Å². The highest BCUT2D eigenvalue weighted by Crippen LogP contribution is 2.21. The van der Waals surface area contributed by atoms with Gasteiger partial charge in [0.15, 0.2) is 5.15 Å². The molecule has 2 unspecified atom stereocenters. The second-order valence-corrected chi connectivity index (χ2v) is 8.12. The summed E-state index contributed by atoms with van der Waals surface area (Å²) in [5.41, 5.74) is -0.503. The van der Waals surface area contributed by atoms with Crippen molar-refractivity contribution in [2.45, 2.75) is 37.8 Å². The van der Waals surface area contributed by atoms with Gasteiger partial charge >= 0.3 is 6.09 Å². The van der Waals surface area contributed by atoms with Crippen LogP contribution < -0.4 is 0 Å². The van der Waals surface area contributed by atoms with Crippen molar-refractivity contribution in [2.24, 2.45) is 5.92 Å². The first kappa shape index (κ1) is 17.1. The molecule has 1 fully saturated rings. The zero-order valence-electron chi connectivity index (χ0n) is 12.9. The van der Waals surface area contributed by atoms with Crippen LogP contribution in [-0.2, 0) is 15.5 Å². The lowest BCUT2D eigenvalue weighted by molar-refractivity contribution is 0.0289. The van der Waals surface area contributed by atoms with Crippen LogP contribution in [0.2, 0.25) is 5.15 Å². The summed E-state index contributed by atoms with van der Waals surface area (Å²) in [6.07, 6.45) is 0.499. The highest BCUT2D eigenvalue weighted by Gasteiger charge is 2.30. The van der Waals surface area contributed by atoms with Gasteiger partial charge in [0.1, 0.15) is 10.6 Å². The Hall–Kier alpha value is -1.21. The molecule has 1 aliphatic rings. The Kier molecular flexibility index (Phi) is 5.39. The van der Waals surface area contributed by atoms with Crippen LogP contribution in [-0.4, -0.2) is 49.8 Å². The first-order valence-electron chi connectivity index (χ1n) is 7.10. The van der Waals surface area contributed by atoms with Crippen molar-refractivity contribution in [3.8, 4) is 0 Å². The van der Waals surface area contributed by atoms with Gasteiger partial charge in [0.25, 0.3) is 0 Å². The molecular formula is C14H20ClN3O3S. The molecule has 122 valence electrons. The fourth-order valence-corrected chi connectivity index (χ4v) is 3.51. The number of aromatic nitrogens is 2. The summed E-state index contributed by atoms with van der Waals surface area (Å²) in [6.45, 7) is 6.71. The molecule has 0 aromatic carbocycles. The van der Waals surface area contributed by atoms with Gasteiger partial charge in [-0.05, 0) is 45.2 Å². The standard InChI is InChI=1S/C14H20ClN3O3S/c1-14(2,3)21-13(19)18-7-6-10(8-18)9-22(20)12-5-4-11(15)16-17-12/h4-5,10H,6-9H2,1-3H3. The Morgan fingerprint density at radius 3 is 2.77 bits per heavy atom. The van der Waals surface area contributed by atoms with Gasteiger partial charge in [-0.25, -0.2) is 4.79 Å². The lowest BCUT2D eigenvalue weighted by atomic mass is 10.2. The number of carbonyl (C=O) groups is 1. The molecule has 0 radical (unpaired) electrons. The molecule has 0 bridgehead atoms. The van der Waals surface area contributed by atoms with Crippen LogP contribution in [0.1, 0.15) is 27.2 Å². The van der Waals surface area contributed by atoms with Crippen LogP contribution in [0.25, 0.3) is 0 Å². The van der Waals surface area contributed by atoms with E-state index in [0.717, 1.165) is 6.42 Å². The molecule has 0 N–H and O–H groups in total. The lowest BCUT2D eigenvalue weighted by Gasteiger charge is -2.24. The van der Waals surface area contributed by atoms with Gasteiger partial charge < -0.3 is 9.64 Å². The van der Waals surface area contributed by atoms with Crippen molar-refractivity contribution in [3.63, 3.8) is 0 Å². The van der Waals surface area contributed by atoms with Gasteiger partial charge in [-0.15, -0.1) is 10.2 Å². The van der Waals surface area contributed by atoms with Crippen LogP contribution in [0.5, 0.6) is 0 Å². The van der Waals surface area contributed by atoms with Crippen molar-refractivity contribution in [1.82, 2.24) is 15.1 Å². The van der Waals surface area contributed by atoms with Crippen molar-refractivity contribution >= 4 is 28.5 Å². The number of nitrogens with zero attached hydrogens (tertiary/aromatic N) is 3. The van der Waals surface area contributed by atoms with Crippen LogP contribution in [0.4, 0.5) is 4.79 Å². The van der Waals surface area contributed by atoms with Gasteiger partial charge in [0.2, 0.25) is 0 Å². The van der Waals surface area contributed by atoms with Crippen LogP contribution in [0.15, 0.2) is 17.2 Å². The Morgan fingerprint density at radius 1 is 1.45 bits per heavy atom. The molecule has 1 aromatic rings. The summed E-state index contributed by atoms with van der Waals surface area (Å²) in [4.78, 5) is 13.7. The number of halogens is 1. The summed E-state index contributed by atoms with van der Waals surface area (Å²) in [6, 6.07) is 3.19. The third-order valence-electron chi connectivity index (χ3n) is 3.17. The van der Waals surface area contributed by atoms with Gasteiger partial charge in [-0.2, -0.15) is 0 Å². The monoisotopic (exact) mass is 345 g/mol. The summed E-state index contributed by atoms with van der Waals surface area (Å²) >= 11 is 5.66. The molecule has 2 atom stereocenters. The number of hydrogen-bond acceptors (Lipinski definition) is 5. The molecule has 1 aromatic heterocycles. The minimum atomic E-state index is -1.24. The molecule has 1 saturated heterocycles. The fourth-order valence-electron chi connectivity index (χ4n) is 2.19. The second kappa shape index (κ2) is 6.91. The number of carbonyl (C=O) groups excluding carboxylic acids is 1. The minimum Gasteiger partial charge on any atom is -0.444 e. The van der Waals surface area contributed by atoms with E-state index >= 15 is 0 Å². The Bertz CT molecular complexity index is 559. The predicted octanol–water partition coefficient (Wildman–Crippen LogP) is 2.49. The van der Waals surface area contributed by atoms with Crippen LogP contribution in [0, 0.1) is 5.92 Å². The number of hydrogen-bond donors (Lipinski definition) is 0. The van der Waals surface area contributed by atoms with E-state index < -0.39 is 16.4 Å². The van der Waals surface area contributed by atoms with E-state index in [-0.39, 0.29) is 17.2 Å². The van der Waals surface area contributed by atoms with E-state index in [0.29, 0.717) is 23.9 Å². The summed E-state index contributed by atoms with van der Waals surface area (Å²) in [5, 5.41) is 8.22. The third-order valence-corrected chi connectivity index (χ3v) is 4.83. The quantitative estimate of drug-likeness (QED) is 0.841. The van der Waals surface area contributed by atoms with Crippen LogP contribution in [0.3, 0.4) is 0 Å². The zero-order chi connectivity index (χ0) is 16.3. The average molecular weight is 346 g/mol. The highest BCUT2D eigenvalue weighted by atomic mass is 35.5. The van der Waals surface area contributed by atoms with Gasteiger partial charge in [0.05, 0.1) is 10.8 Å². The molecule has 6 nitrogen and oxygen atoms in total. The molecule has 2 heterocycles. The van der Waals surface area contributed by atoms with E-state index in [1.165, 1.54) is 0 Å². The predicted molar refractivity (Wildman–Crippen MR) is 84.2 cm³/mol. The second-order valence-electron chi connectivity index (χ2n) is 6.29. The Labute approximate surface area is 137 Å². The SMILES string of the molecule is CC(C)(C)OC(=O)N1CCC(CS(=O)c2ccc(Cl)nn2)C1. The van der Waals surface area contributed by atoms with Gasteiger partial charge in [0, 0.05) is 18.8 Å². The number of rotatable bonds is 3. The normalized spacial score (nSPS) is 20.0. The van der Waals surface area contributed by atoms with E-state index in [1.54, 1.807) is 17.0 Å². The van der Waals surface area contributed by atoms with Crippen molar-refractivity contribution in [1.29, 1.82) is 0 Å². The average Bonchev–Trinajstić information content (AvgIpc) is 2.86. The summed E-state index contributed by atoms with van der Waals surface area (Å²) < 4.78 is 17.6. The maximum absolute atomic E-state index is 12.2. The number of likely N-dealkylation sites (tertiary alicyclic amines) is 1. The number of amides is 1. The van der Waals surface area contributed by atoms with Gasteiger partial charge in [-0.3, -0.25) is 4.21 Å². The topological polar surface area (TPSA) is 72.4 Å². The van der Waals surface area contributed by atoms with E-state index in [2.05, 4.69) is 10.2 Å².